The number of rotatable bonds is 4. The van der Waals surface area contributed by atoms with Crippen molar-refractivity contribution < 1.29 is 19.1 Å². The number of benzene rings is 1. The van der Waals surface area contributed by atoms with Gasteiger partial charge in [-0.05, 0) is 5.56 Å². The van der Waals surface area contributed by atoms with E-state index in [0.717, 1.165) is 7.11 Å². The maximum atomic E-state index is 11.5. The Morgan fingerprint density at radius 2 is 1.73 bits per heavy atom. The van der Waals surface area contributed by atoms with Crippen molar-refractivity contribution in [3.63, 3.8) is 0 Å². The highest BCUT2D eigenvalue weighted by Crippen LogP contribution is 2.17. The average molecular weight is 208 g/mol. The number of ether oxygens (including phenoxy) is 2. The molecular formula is C11H12O4. The first-order valence-corrected chi connectivity index (χ1v) is 4.40. The number of hydrogen-bond acceptors (Lipinski definition) is 4. The van der Waals surface area contributed by atoms with Gasteiger partial charge < -0.3 is 9.47 Å². The minimum Gasteiger partial charge on any atom is -0.463 e. The van der Waals surface area contributed by atoms with Crippen molar-refractivity contribution in [3.05, 3.63) is 35.9 Å². The zero-order chi connectivity index (χ0) is 11.3. The summed E-state index contributed by atoms with van der Waals surface area (Å²) >= 11 is 0. The van der Waals surface area contributed by atoms with Gasteiger partial charge in [-0.25, -0.2) is 4.79 Å². The Labute approximate surface area is 87.8 Å². The van der Waals surface area contributed by atoms with Gasteiger partial charge in [0.25, 0.3) is 5.78 Å². The molecule has 0 aliphatic carbocycles. The van der Waals surface area contributed by atoms with Crippen LogP contribution in [0.4, 0.5) is 0 Å². The highest BCUT2D eigenvalue weighted by atomic mass is 16.5. The van der Waals surface area contributed by atoms with E-state index in [-0.39, 0.29) is 0 Å². The van der Waals surface area contributed by atoms with Crippen LogP contribution in [0.3, 0.4) is 0 Å². The van der Waals surface area contributed by atoms with Crippen LogP contribution in [0, 0.1) is 0 Å². The molecule has 0 aliphatic heterocycles. The lowest BCUT2D eigenvalue weighted by molar-refractivity contribution is -0.156. The molecule has 0 amide bonds. The Morgan fingerprint density at radius 3 is 2.20 bits per heavy atom. The van der Waals surface area contributed by atoms with Crippen LogP contribution >= 0.6 is 0 Å². The fourth-order valence-corrected chi connectivity index (χ4v) is 1.23. The van der Waals surface area contributed by atoms with E-state index in [1.807, 2.05) is 6.07 Å². The molecule has 1 unspecified atom stereocenters. The van der Waals surface area contributed by atoms with Gasteiger partial charge in [0.05, 0.1) is 7.11 Å². The lowest BCUT2D eigenvalue weighted by atomic mass is 10.1. The van der Waals surface area contributed by atoms with E-state index in [1.54, 1.807) is 24.3 Å². The maximum absolute atomic E-state index is 11.5. The third-order valence-corrected chi connectivity index (χ3v) is 1.96. The molecule has 0 saturated heterocycles. The number of esters is 1. The lowest BCUT2D eigenvalue weighted by Gasteiger charge is -2.12. The third-order valence-electron chi connectivity index (χ3n) is 1.96. The summed E-state index contributed by atoms with van der Waals surface area (Å²) in [4.78, 5) is 22.5. The topological polar surface area (TPSA) is 52.6 Å². The second kappa shape index (κ2) is 5.26. The molecule has 0 bridgehead atoms. The second-order valence-electron chi connectivity index (χ2n) is 2.88. The molecule has 1 aromatic rings. The third kappa shape index (κ3) is 2.63. The Bertz CT molecular complexity index is 345. The van der Waals surface area contributed by atoms with E-state index in [0.29, 0.717) is 5.56 Å². The number of ketones is 1. The first-order chi connectivity index (χ1) is 7.20. The summed E-state index contributed by atoms with van der Waals surface area (Å²) in [5, 5.41) is 0. The van der Waals surface area contributed by atoms with Crippen LogP contribution in [0.2, 0.25) is 0 Å². The van der Waals surface area contributed by atoms with Crippen LogP contribution in [0.25, 0.3) is 0 Å². The summed E-state index contributed by atoms with van der Waals surface area (Å²) in [7, 11) is 2.54. The van der Waals surface area contributed by atoms with E-state index < -0.39 is 17.9 Å². The fraction of sp³-hybridized carbons (Fsp3) is 0.273. The van der Waals surface area contributed by atoms with Crippen molar-refractivity contribution in [1.29, 1.82) is 0 Å². The van der Waals surface area contributed by atoms with Crippen molar-refractivity contribution in [1.82, 2.24) is 0 Å². The van der Waals surface area contributed by atoms with Crippen LogP contribution in [0.5, 0.6) is 0 Å². The van der Waals surface area contributed by atoms with Crippen LogP contribution in [-0.4, -0.2) is 26.0 Å². The summed E-state index contributed by atoms with van der Waals surface area (Å²) in [6, 6.07) is 8.79. The molecule has 1 aromatic carbocycles. The van der Waals surface area contributed by atoms with Crippen molar-refractivity contribution in [3.8, 4) is 0 Å². The van der Waals surface area contributed by atoms with Crippen molar-refractivity contribution >= 4 is 11.8 Å². The number of carbonyl (C=O) groups excluding carboxylic acids is 2. The number of carbonyl (C=O) groups is 2. The first kappa shape index (κ1) is 11.4. The molecule has 0 radical (unpaired) electrons. The number of hydrogen-bond donors (Lipinski definition) is 0. The largest absolute Gasteiger partial charge is 0.463 e. The van der Waals surface area contributed by atoms with E-state index in [4.69, 9.17) is 4.74 Å². The summed E-state index contributed by atoms with van der Waals surface area (Å²) in [6.45, 7) is 0. The predicted molar refractivity (Wildman–Crippen MR) is 53.2 cm³/mol. The average Bonchev–Trinajstić information content (AvgIpc) is 2.30. The maximum Gasteiger partial charge on any atom is 0.377 e. The highest BCUT2D eigenvalue weighted by Gasteiger charge is 2.27. The van der Waals surface area contributed by atoms with E-state index >= 15 is 0 Å². The number of methoxy groups -OCH3 is 2. The molecular weight excluding hydrogens is 196 g/mol. The zero-order valence-corrected chi connectivity index (χ0v) is 8.60. The van der Waals surface area contributed by atoms with Crippen LogP contribution in [-0.2, 0) is 19.1 Å². The Kier molecular flexibility index (Phi) is 4.00. The summed E-state index contributed by atoms with van der Waals surface area (Å²) in [6.07, 6.45) is -0.890. The summed E-state index contributed by atoms with van der Waals surface area (Å²) < 4.78 is 9.32. The van der Waals surface area contributed by atoms with Gasteiger partial charge in [0.15, 0.2) is 6.10 Å². The predicted octanol–water partition coefficient (Wildman–Crippen LogP) is 1.12. The molecule has 1 rings (SSSR count). The molecule has 0 spiro atoms. The van der Waals surface area contributed by atoms with Crippen LogP contribution < -0.4 is 0 Å². The van der Waals surface area contributed by atoms with Crippen LogP contribution in [0.1, 0.15) is 11.7 Å². The fourth-order valence-electron chi connectivity index (χ4n) is 1.23. The van der Waals surface area contributed by atoms with Crippen LogP contribution in [0.15, 0.2) is 30.3 Å². The lowest BCUT2D eigenvalue weighted by Crippen LogP contribution is -2.24. The quantitative estimate of drug-likeness (QED) is 0.549. The molecule has 4 nitrogen and oxygen atoms in total. The molecule has 0 fully saturated rings. The smallest absolute Gasteiger partial charge is 0.377 e. The Hall–Kier alpha value is -1.68. The molecule has 0 aromatic heterocycles. The highest BCUT2D eigenvalue weighted by molar-refractivity contribution is 6.35. The van der Waals surface area contributed by atoms with Gasteiger partial charge in [-0.15, -0.1) is 0 Å². The molecule has 0 heterocycles. The van der Waals surface area contributed by atoms with Crippen molar-refractivity contribution in [2.75, 3.05) is 14.2 Å². The van der Waals surface area contributed by atoms with Crippen molar-refractivity contribution in [2.45, 2.75) is 6.10 Å². The van der Waals surface area contributed by atoms with Gasteiger partial charge in [0, 0.05) is 7.11 Å². The molecule has 80 valence electrons. The zero-order valence-electron chi connectivity index (χ0n) is 8.60. The number of Topliss-reactive ketones (excluding diaryl/α,β-unsaturated/α-hetero) is 1. The van der Waals surface area contributed by atoms with Gasteiger partial charge in [0.2, 0.25) is 0 Å². The Balaban J connectivity index is 2.90. The van der Waals surface area contributed by atoms with E-state index in [9.17, 15) is 9.59 Å². The molecule has 0 aliphatic rings. The van der Waals surface area contributed by atoms with Gasteiger partial charge in [0.1, 0.15) is 0 Å². The minimum atomic E-state index is -0.897. The summed E-state index contributed by atoms with van der Waals surface area (Å²) in [5.41, 5.74) is 0.635. The van der Waals surface area contributed by atoms with E-state index in [1.165, 1.54) is 7.11 Å². The molecule has 4 heteroatoms. The monoisotopic (exact) mass is 208 g/mol. The molecule has 0 N–H and O–H groups in total. The summed E-state index contributed by atoms with van der Waals surface area (Å²) in [5.74, 6) is -1.60. The van der Waals surface area contributed by atoms with Crippen molar-refractivity contribution in [2.24, 2.45) is 0 Å². The van der Waals surface area contributed by atoms with Gasteiger partial charge in [-0.2, -0.15) is 0 Å². The molecule has 15 heavy (non-hydrogen) atoms. The van der Waals surface area contributed by atoms with Gasteiger partial charge in [-0.3, -0.25) is 4.79 Å². The molecule has 0 saturated carbocycles. The van der Waals surface area contributed by atoms with Gasteiger partial charge >= 0.3 is 5.97 Å². The molecule has 1 atom stereocenters. The first-order valence-electron chi connectivity index (χ1n) is 4.40. The van der Waals surface area contributed by atoms with E-state index in [2.05, 4.69) is 4.74 Å². The standard InChI is InChI=1S/C11H12O4/c1-14-10(9(12)11(13)15-2)8-6-4-3-5-7-8/h3-7,10H,1-2H3. The Morgan fingerprint density at radius 1 is 1.13 bits per heavy atom. The van der Waals surface area contributed by atoms with Gasteiger partial charge in [-0.1, -0.05) is 30.3 Å². The second-order valence-corrected chi connectivity index (χ2v) is 2.88. The minimum absolute atomic E-state index is 0.635. The normalized spacial score (nSPS) is 11.9. The SMILES string of the molecule is COC(=O)C(=O)C(OC)c1ccccc1.